The Morgan fingerprint density at radius 2 is 2.00 bits per heavy atom. The van der Waals surface area contributed by atoms with Crippen LogP contribution in [0.25, 0.3) is 0 Å². The summed E-state index contributed by atoms with van der Waals surface area (Å²) < 4.78 is 0. The molecule has 3 heteroatoms. The Balaban J connectivity index is 0.000000640. The topological polar surface area (TPSA) is 29.1 Å². The second-order valence-electron chi connectivity index (χ2n) is 2.16. The number of hydrogen-bond donors (Lipinski definition) is 1. The van der Waals surface area contributed by atoms with Gasteiger partial charge in [-0.15, -0.1) is 0 Å². The van der Waals surface area contributed by atoms with Gasteiger partial charge in [0.25, 0.3) is 0 Å². The Hall–Kier alpha value is 0.951. The summed E-state index contributed by atoms with van der Waals surface area (Å²) in [5, 5.41) is 2.81. The number of rotatable bonds is 0. The molecule has 1 rings (SSSR count). The van der Waals surface area contributed by atoms with Gasteiger partial charge in [-0.1, -0.05) is 6.42 Å². The quantitative estimate of drug-likeness (QED) is 0.540. The summed E-state index contributed by atoms with van der Waals surface area (Å²) >= 11 is 0. The van der Waals surface area contributed by atoms with Gasteiger partial charge in [-0.05, 0) is 12.8 Å². The third kappa shape index (κ3) is 4.37. The van der Waals surface area contributed by atoms with Crippen LogP contribution in [0.15, 0.2) is 0 Å². The number of amides is 1. The van der Waals surface area contributed by atoms with Gasteiger partial charge in [0.05, 0.1) is 0 Å². The summed E-state index contributed by atoms with van der Waals surface area (Å²) in [4.78, 5) is 10.6. The summed E-state index contributed by atoms with van der Waals surface area (Å²) in [7, 11) is 0. The third-order valence-corrected chi connectivity index (χ3v) is 1.40. The molecule has 0 aromatic rings. The van der Waals surface area contributed by atoms with E-state index in [1.807, 2.05) is 0 Å². The van der Waals surface area contributed by atoms with Gasteiger partial charge in [0.1, 0.15) is 0 Å². The summed E-state index contributed by atoms with van der Waals surface area (Å²) in [5.74, 6) is 0.225. The predicted octanol–water partition coefficient (Wildman–Crippen LogP) is -0.240. The SMILES string of the molecule is O=C1CCCCCN1.[SrH2]. The van der Waals surface area contributed by atoms with Gasteiger partial charge in [0, 0.05) is 13.0 Å². The molecular formula is C6H13NOSr. The summed E-state index contributed by atoms with van der Waals surface area (Å²) in [5.41, 5.74) is 0. The maximum atomic E-state index is 10.6. The van der Waals surface area contributed by atoms with Gasteiger partial charge in [0.2, 0.25) is 5.91 Å². The number of carbonyl (C=O) groups excluding carboxylic acids is 1. The van der Waals surface area contributed by atoms with E-state index in [4.69, 9.17) is 0 Å². The van der Waals surface area contributed by atoms with Crippen molar-refractivity contribution in [1.82, 2.24) is 5.32 Å². The molecule has 0 aromatic carbocycles. The van der Waals surface area contributed by atoms with E-state index >= 15 is 0 Å². The Labute approximate surface area is 92.7 Å². The third-order valence-electron chi connectivity index (χ3n) is 1.40. The second-order valence-corrected chi connectivity index (χ2v) is 2.16. The summed E-state index contributed by atoms with van der Waals surface area (Å²) in [6, 6.07) is 0. The molecule has 9 heavy (non-hydrogen) atoms. The van der Waals surface area contributed by atoms with Gasteiger partial charge in [0.15, 0.2) is 0 Å². The van der Waals surface area contributed by atoms with Crippen LogP contribution in [0.1, 0.15) is 25.7 Å². The molecular weight excluding hydrogens is 190 g/mol. The van der Waals surface area contributed by atoms with Crippen LogP contribution in [0.4, 0.5) is 0 Å². The zero-order valence-electron chi connectivity index (χ0n) is 4.94. The molecule has 1 heterocycles. The molecule has 1 N–H and O–H groups in total. The Bertz CT molecular complexity index is 85.1. The zero-order chi connectivity index (χ0) is 5.82. The van der Waals surface area contributed by atoms with Crippen molar-refractivity contribution in [2.75, 3.05) is 6.54 Å². The molecule has 1 aliphatic heterocycles. The number of nitrogens with one attached hydrogen (secondary N) is 1. The first kappa shape index (κ1) is 9.95. The number of hydrogen-bond acceptors (Lipinski definition) is 1. The van der Waals surface area contributed by atoms with Crippen molar-refractivity contribution in [3.8, 4) is 0 Å². The van der Waals surface area contributed by atoms with Crippen LogP contribution < -0.4 is 5.32 Å². The van der Waals surface area contributed by atoms with Crippen molar-refractivity contribution in [2.45, 2.75) is 25.7 Å². The van der Waals surface area contributed by atoms with Crippen LogP contribution in [-0.4, -0.2) is 57.9 Å². The molecule has 0 bridgehead atoms. The van der Waals surface area contributed by atoms with Crippen LogP contribution in [0.2, 0.25) is 0 Å². The molecule has 1 amide bonds. The van der Waals surface area contributed by atoms with E-state index in [9.17, 15) is 4.79 Å². The van der Waals surface area contributed by atoms with E-state index in [0.29, 0.717) is 0 Å². The Morgan fingerprint density at radius 1 is 1.22 bits per heavy atom. The molecule has 0 spiro atoms. The van der Waals surface area contributed by atoms with Gasteiger partial charge < -0.3 is 5.32 Å². The molecule has 0 atom stereocenters. The molecule has 1 fully saturated rings. The van der Waals surface area contributed by atoms with E-state index < -0.39 is 0 Å². The average Bonchev–Trinajstić information content (AvgIpc) is 1.94. The molecule has 1 saturated heterocycles. The average molecular weight is 203 g/mol. The zero-order valence-corrected chi connectivity index (χ0v) is 4.94. The van der Waals surface area contributed by atoms with E-state index in [1.54, 1.807) is 0 Å². The maximum absolute atomic E-state index is 10.6. The monoisotopic (exact) mass is 203 g/mol. The van der Waals surface area contributed by atoms with Gasteiger partial charge in [-0.25, -0.2) is 0 Å². The molecule has 1 aliphatic rings. The van der Waals surface area contributed by atoms with E-state index in [2.05, 4.69) is 5.32 Å². The minimum absolute atomic E-state index is 0. The summed E-state index contributed by atoms with van der Waals surface area (Å²) in [6.45, 7) is 0.888. The van der Waals surface area contributed by atoms with Crippen LogP contribution in [0.3, 0.4) is 0 Å². The van der Waals surface area contributed by atoms with Crippen LogP contribution in [-0.2, 0) is 4.79 Å². The van der Waals surface area contributed by atoms with E-state index in [1.165, 1.54) is 6.42 Å². The first-order chi connectivity index (χ1) is 3.89. The predicted molar refractivity (Wildman–Crippen MR) is 40.0 cm³/mol. The Morgan fingerprint density at radius 3 is 2.78 bits per heavy atom. The molecule has 0 aromatic heterocycles. The normalized spacial score (nSPS) is 19.3. The van der Waals surface area contributed by atoms with Crippen molar-refractivity contribution in [2.24, 2.45) is 0 Å². The van der Waals surface area contributed by atoms with Gasteiger partial charge >= 0.3 is 45.5 Å². The Kier molecular flexibility index (Phi) is 6.32. The van der Waals surface area contributed by atoms with Crippen molar-refractivity contribution in [1.29, 1.82) is 0 Å². The van der Waals surface area contributed by atoms with Gasteiger partial charge in [-0.2, -0.15) is 0 Å². The van der Waals surface area contributed by atoms with Crippen molar-refractivity contribution in [3.05, 3.63) is 0 Å². The molecule has 2 nitrogen and oxygen atoms in total. The van der Waals surface area contributed by atoms with Crippen LogP contribution in [0.5, 0.6) is 0 Å². The van der Waals surface area contributed by atoms with Crippen molar-refractivity contribution >= 4 is 51.4 Å². The van der Waals surface area contributed by atoms with E-state index in [0.717, 1.165) is 25.8 Å². The minimum atomic E-state index is 0. The second kappa shape index (κ2) is 5.71. The van der Waals surface area contributed by atoms with Crippen LogP contribution in [0, 0.1) is 0 Å². The first-order valence-corrected chi connectivity index (χ1v) is 3.16. The standard InChI is InChI=1S/C6H11NO.Sr.2H/c8-6-4-2-1-3-5-7-6;;;/h1-5H2,(H,7,8);;;. The van der Waals surface area contributed by atoms with Crippen molar-refractivity contribution < 1.29 is 4.79 Å². The molecule has 0 unspecified atom stereocenters. The molecule has 0 saturated carbocycles. The number of carbonyl (C=O) groups is 1. The first-order valence-electron chi connectivity index (χ1n) is 3.16. The fourth-order valence-corrected chi connectivity index (χ4v) is 0.904. The fraction of sp³-hybridized carbons (Fsp3) is 0.833. The van der Waals surface area contributed by atoms with Crippen molar-refractivity contribution in [3.63, 3.8) is 0 Å². The van der Waals surface area contributed by atoms with Gasteiger partial charge in [-0.3, -0.25) is 4.79 Å². The van der Waals surface area contributed by atoms with Crippen LogP contribution >= 0.6 is 0 Å². The molecule has 0 aliphatic carbocycles. The molecule has 0 radical (unpaired) electrons. The van der Waals surface area contributed by atoms with E-state index in [-0.39, 0.29) is 51.4 Å². The fourth-order valence-electron chi connectivity index (χ4n) is 0.904. The molecule has 50 valence electrons. The summed E-state index contributed by atoms with van der Waals surface area (Å²) in [6.07, 6.45) is 4.18.